The maximum Gasteiger partial charge on any atom is 0.276 e. The normalized spacial score (nSPS) is 15.9. The van der Waals surface area contributed by atoms with Crippen molar-refractivity contribution in [1.29, 1.82) is 0 Å². The predicted octanol–water partition coefficient (Wildman–Crippen LogP) is 3.07. The molecule has 0 saturated carbocycles. The van der Waals surface area contributed by atoms with E-state index in [-0.39, 0.29) is 36.6 Å². The zero-order valence-corrected chi connectivity index (χ0v) is 22.2. The molecule has 2 amide bonds. The van der Waals surface area contributed by atoms with Gasteiger partial charge in [-0.25, -0.2) is 0 Å². The number of aryl methyl sites for hydroxylation is 1. The molecule has 2 aliphatic rings. The third-order valence-electron chi connectivity index (χ3n) is 5.72. The zero-order valence-electron chi connectivity index (χ0n) is 21.4. The number of benzene rings is 1. The minimum Gasteiger partial charge on any atom is -0.492 e. The molecule has 1 aliphatic carbocycles. The number of ether oxygens (including phenoxy) is 1. The molecule has 1 aromatic heterocycles. The van der Waals surface area contributed by atoms with E-state index >= 15 is 0 Å². The standard InChI is InChI=1S/C26H31N7O4.ClH/c1-33(2)15-16-36-19-8-5-7-18(17-19)24-29-23(37-32-24)12-11-22(34)27-13-6-14-28-25-20-9-3-4-10-21(20)26(35)31-30-25;/h3-5,7-10,17,21,28H,6,11-16H2,1-2H3,(H,27,34);1H. The molecule has 1 atom stereocenters. The second-order valence-electron chi connectivity index (χ2n) is 8.89. The average Bonchev–Trinajstić information content (AvgIpc) is 3.38. The van der Waals surface area contributed by atoms with Crippen molar-refractivity contribution in [1.82, 2.24) is 25.7 Å². The third kappa shape index (κ3) is 8.09. The maximum absolute atomic E-state index is 12.2. The smallest absolute Gasteiger partial charge is 0.276 e. The topological polar surface area (TPSA) is 134 Å². The number of aromatic nitrogens is 2. The number of nitrogens with zero attached hydrogens (tertiary/aromatic N) is 5. The van der Waals surface area contributed by atoms with Crippen molar-refractivity contribution in [2.24, 2.45) is 16.1 Å². The van der Waals surface area contributed by atoms with Crippen molar-refractivity contribution in [3.8, 4) is 17.1 Å². The predicted molar refractivity (Wildman–Crippen MR) is 144 cm³/mol. The Morgan fingerprint density at radius 1 is 1.18 bits per heavy atom. The fourth-order valence-electron chi connectivity index (χ4n) is 3.72. The number of allylic oxidation sites excluding steroid dienone is 3. The Bertz CT molecular complexity index is 1240. The second-order valence-corrected chi connectivity index (χ2v) is 8.89. The number of carbonyl (C=O) groups is 2. The summed E-state index contributed by atoms with van der Waals surface area (Å²) >= 11 is 0. The molecule has 2 N–H and O–H groups in total. The molecule has 0 spiro atoms. The van der Waals surface area contributed by atoms with Gasteiger partial charge < -0.3 is 24.8 Å². The van der Waals surface area contributed by atoms with E-state index in [0.29, 0.717) is 50.1 Å². The van der Waals surface area contributed by atoms with Gasteiger partial charge in [0.15, 0.2) is 5.82 Å². The summed E-state index contributed by atoms with van der Waals surface area (Å²) in [5.41, 5.74) is 1.60. The van der Waals surface area contributed by atoms with Gasteiger partial charge >= 0.3 is 0 Å². The minimum atomic E-state index is -0.375. The number of hydrogen-bond acceptors (Lipinski definition) is 9. The molecule has 0 bridgehead atoms. The third-order valence-corrected chi connectivity index (χ3v) is 5.72. The summed E-state index contributed by atoms with van der Waals surface area (Å²) in [6, 6.07) is 7.53. The Balaban J connectivity index is 0.00000400. The highest BCUT2D eigenvalue weighted by molar-refractivity contribution is 5.86. The number of nitrogens with one attached hydrogen (secondary N) is 2. The monoisotopic (exact) mass is 541 g/mol. The first kappa shape index (κ1) is 28.7. The van der Waals surface area contributed by atoms with Crippen molar-refractivity contribution in [3.05, 3.63) is 65.9 Å². The molecule has 38 heavy (non-hydrogen) atoms. The molecule has 202 valence electrons. The number of fused-ring (bicyclic) bond motifs is 1. The first-order valence-electron chi connectivity index (χ1n) is 12.3. The molecule has 0 radical (unpaired) electrons. The van der Waals surface area contributed by atoms with Crippen molar-refractivity contribution in [2.75, 3.05) is 40.3 Å². The Morgan fingerprint density at radius 3 is 2.89 bits per heavy atom. The SMILES string of the molecule is CN(C)CCOc1cccc(-c2noc(CCC(=O)NCCCNC3=C4C=CC=CC4C(=O)N=N3)n2)c1.Cl. The summed E-state index contributed by atoms with van der Waals surface area (Å²) in [7, 11) is 3.99. The second kappa shape index (κ2) is 14.2. The highest BCUT2D eigenvalue weighted by Gasteiger charge is 2.26. The Kier molecular flexibility index (Phi) is 10.7. The highest BCUT2D eigenvalue weighted by atomic mass is 35.5. The molecule has 1 aliphatic heterocycles. The van der Waals surface area contributed by atoms with E-state index in [9.17, 15) is 9.59 Å². The van der Waals surface area contributed by atoms with Gasteiger partial charge in [0.05, 0.1) is 5.92 Å². The van der Waals surface area contributed by atoms with Crippen LogP contribution in [0.25, 0.3) is 11.4 Å². The summed E-state index contributed by atoms with van der Waals surface area (Å²) in [4.78, 5) is 30.6. The number of carbonyl (C=O) groups excluding carboxylic acids is 2. The lowest BCUT2D eigenvalue weighted by atomic mass is 9.93. The number of hydrogen-bond donors (Lipinski definition) is 2. The van der Waals surface area contributed by atoms with Gasteiger partial charge in [-0.05, 0) is 32.6 Å². The first-order chi connectivity index (χ1) is 18.0. The molecular formula is C26H32ClN7O4. The highest BCUT2D eigenvalue weighted by Crippen LogP contribution is 2.27. The average molecular weight is 542 g/mol. The van der Waals surface area contributed by atoms with Crippen molar-refractivity contribution >= 4 is 24.2 Å². The van der Waals surface area contributed by atoms with Crippen LogP contribution >= 0.6 is 12.4 Å². The molecule has 1 aromatic carbocycles. The van der Waals surface area contributed by atoms with E-state index < -0.39 is 0 Å². The van der Waals surface area contributed by atoms with E-state index in [1.165, 1.54) is 0 Å². The number of likely N-dealkylation sites (N-methyl/N-ethyl adjacent to an activating group) is 1. The van der Waals surface area contributed by atoms with Gasteiger partial charge in [0.1, 0.15) is 12.4 Å². The van der Waals surface area contributed by atoms with Gasteiger partial charge in [-0.3, -0.25) is 9.59 Å². The fourth-order valence-corrected chi connectivity index (χ4v) is 3.72. The largest absolute Gasteiger partial charge is 0.492 e. The van der Waals surface area contributed by atoms with Crippen LogP contribution < -0.4 is 15.4 Å². The Hall–Kier alpha value is -3.83. The summed E-state index contributed by atoms with van der Waals surface area (Å²) in [5.74, 6) is 1.46. The zero-order chi connectivity index (χ0) is 26.0. The molecule has 12 heteroatoms. The molecule has 11 nitrogen and oxygen atoms in total. The maximum atomic E-state index is 12.2. The van der Waals surface area contributed by atoms with Gasteiger partial charge in [-0.1, -0.05) is 41.6 Å². The van der Waals surface area contributed by atoms with Gasteiger partial charge in [0, 0.05) is 43.6 Å². The molecule has 0 fully saturated rings. The van der Waals surface area contributed by atoms with E-state index in [4.69, 9.17) is 9.26 Å². The molecule has 1 unspecified atom stereocenters. The molecule has 2 heterocycles. The van der Waals surface area contributed by atoms with Crippen LogP contribution in [0.3, 0.4) is 0 Å². The molecule has 0 saturated heterocycles. The summed E-state index contributed by atoms with van der Waals surface area (Å²) < 4.78 is 11.1. The molecular weight excluding hydrogens is 510 g/mol. The number of amides is 2. The van der Waals surface area contributed by atoms with Crippen LogP contribution in [0.1, 0.15) is 18.7 Å². The van der Waals surface area contributed by atoms with E-state index in [2.05, 4.69) is 35.9 Å². The van der Waals surface area contributed by atoms with Crippen LogP contribution in [0.5, 0.6) is 5.75 Å². The lowest BCUT2D eigenvalue weighted by molar-refractivity contribution is -0.121. The van der Waals surface area contributed by atoms with Gasteiger partial charge in [0.25, 0.3) is 5.91 Å². The van der Waals surface area contributed by atoms with Gasteiger partial charge in [-0.15, -0.1) is 22.6 Å². The van der Waals surface area contributed by atoms with Crippen LogP contribution in [0, 0.1) is 5.92 Å². The van der Waals surface area contributed by atoms with Crippen LogP contribution in [-0.2, 0) is 16.0 Å². The lowest BCUT2D eigenvalue weighted by Crippen LogP contribution is -2.28. The number of azo groups is 1. The van der Waals surface area contributed by atoms with Crippen LogP contribution in [0.4, 0.5) is 0 Å². The van der Waals surface area contributed by atoms with Crippen LogP contribution in [0.15, 0.2) is 74.7 Å². The Morgan fingerprint density at radius 2 is 2.05 bits per heavy atom. The first-order valence-corrected chi connectivity index (χ1v) is 12.3. The fraction of sp³-hybridized carbons (Fsp3) is 0.385. The number of halogens is 1. The molecule has 2 aromatic rings. The lowest BCUT2D eigenvalue weighted by Gasteiger charge is -2.20. The van der Waals surface area contributed by atoms with Crippen molar-refractivity contribution < 1.29 is 18.8 Å². The van der Waals surface area contributed by atoms with Crippen molar-refractivity contribution in [3.63, 3.8) is 0 Å². The minimum absolute atomic E-state index is 0. The summed E-state index contributed by atoms with van der Waals surface area (Å²) in [5, 5.41) is 17.8. The van der Waals surface area contributed by atoms with Gasteiger partial charge in [0.2, 0.25) is 17.6 Å². The Labute approximate surface area is 227 Å². The van der Waals surface area contributed by atoms with E-state index in [0.717, 1.165) is 23.4 Å². The van der Waals surface area contributed by atoms with Gasteiger partial charge in [-0.2, -0.15) is 4.98 Å². The summed E-state index contributed by atoms with van der Waals surface area (Å²) in [6.45, 7) is 2.48. The summed E-state index contributed by atoms with van der Waals surface area (Å²) in [6.07, 6.45) is 8.65. The quantitative estimate of drug-likeness (QED) is 0.369. The molecule has 4 rings (SSSR count). The van der Waals surface area contributed by atoms with E-state index in [1.54, 1.807) is 0 Å². The van der Waals surface area contributed by atoms with Crippen LogP contribution in [0.2, 0.25) is 0 Å². The van der Waals surface area contributed by atoms with Crippen LogP contribution in [-0.4, -0.2) is 67.2 Å². The number of rotatable bonds is 13. The van der Waals surface area contributed by atoms with Crippen molar-refractivity contribution in [2.45, 2.75) is 19.3 Å². The van der Waals surface area contributed by atoms with E-state index in [1.807, 2.05) is 62.7 Å².